The number of carbonyl (C=O) groups excluding carboxylic acids is 1. The predicted octanol–water partition coefficient (Wildman–Crippen LogP) is 0.417. The molecule has 12 heteroatoms. The molecule has 1 amide bonds. The maximum Gasteiger partial charge on any atom is 0.326 e. The van der Waals surface area contributed by atoms with Gasteiger partial charge in [0, 0.05) is 18.2 Å². The number of hydrogen-bond donors (Lipinski definition) is 5. The molecule has 1 aromatic carbocycles. The average Bonchev–Trinajstić information content (AvgIpc) is 2.74. The summed E-state index contributed by atoms with van der Waals surface area (Å²) in [4.78, 5) is 50.7. The summed E-state index contributed by atoms with van der Waals surface area (Å²) in [5, 5.41) is 20.2. The Morgan fingerprint density at radius 3 is 2.38 bits per heavy atom. The molecule has 0 fully saturated rings. The van der Waals surface area contributed by atoms with Crippen molar-refractivity contribution in [3.63, 3.8) is 0 Å². The van der Waals surface area contributed by atoms with Gasteiger partial charge in [0.25, 0.3) is 5.91 Å². The lowest BCUT2D eigenvalue weighted by Crippen LogP contribution is -2.41. The summed E-state index contributed by atoms with van der Waals surface area (Å²) >= 11 is 0. The zero-order chi connectivity index (χ0) is 23.3. The van der Waals surface area contributed by atoms with Crippen LogP contribution in [0.1, 0.15) is 34.5 Å². The van der Waals surface area contributed by atoms with Gasteiger partial charge in [-0.25, -0.2) is 14.8 Å². The Kier molecular flexibility index (Phi) is 6.73. The fraction of sp³-hybridized carbons (Fsp3) is 0.250. The van der Waals surface area contributed by atoms with Crippen LogP contribution in [0.2, 0.25) is 0 Å². The number of carbonyl (C=O) groups is 3. The number of nitrogen functional groups attached to an aromatic ring is 2. The van der Waals surface area contributed by atoms with Crippen LogP contribution in [0.3, 0.4) is 0 Å². The topological polar surface area (TPSA) is 207 Å². The van der Waals surface area contributed by atoms with Crippen LogP contribution in [0, 0.1) is 0 Å². The molecule has 0 saturated carbocycles. The molecule has 12 nitrogen and oxygen atoms in total. The number of nitrogens with one attached hydrogen (secondary N) is 1. The Morgan fingerprint density at radius 2 is 1.72 bits per heavy atom. The third-order valence-electron chi connectivity index (χ3n) is 4.64. The largest absolute Gasteiger partial charge is 0.481 e. The van der Waals surface area contributed by atoms with E-state index in [1.165, 1.54) is 0 Å². The number of benzene rings is 1. The Morgan fingerprint density at radius 1 is 1.00 bits per heavy atom. The highest BCUT2D eigenvalue weighted by Gasteiger charge is 2.21. The van der Waals surface area contributed by atoms with E-state index in [2.05, 4.69) is 25.3 Å². The van der Waals surface area contributed by atoms with Crippen LogP contribution >= 0.6 is 0 Å². The smallest absolute Gasteiger partial charge is 0.326 e. The van der Waals surface area contributed by atoms with Crippen LogP contribution in [0.25, 0.3) is 11.2 Å². The average molecular weight is 439 g/mol. The fourth-order valence-corrected chi connectivity index (χ4v) is 2.97. The monoisotopic (exact) mass is 439 g/mol. The molecule has 1 atom stereocenters. The van der Waals surface area contributed by atoms with Gasteiger partial charge >= 0.3 is 11.9 Å². The molecule has 0 saturated heterocycles. The second-order valence-corrected chi connectivity index (χ2v) is 6.99. The standard InChI is InChI=1S/C20H21N7O5/c21-16-15-17(27-20(22)26-16)24-12(9-23-15)6-3-10-1-4-11(5-2-10)18(30)25-13(19(31)32)7-8-14(28)29/h1-2,4-5,9,13H,3,6-8H2,(H,25,30)(H,28,29)(H,31,32)(H4,21,22,24,26,27)/t13-/m0/s1. The number of nitrogens with zero attached hydrogens (tertiary/aromatic N) is 4. The van der Waals surface area contributed by atoms with E-state index in [1.54, 1.807) is 30.5 Å². The zero-order valence-corrected chi connectivity index (χ0v) is 16.9. The van der Waals surface area contributed by atoms with Crippen molar-refractivity contribution in [2.75, 3.05) is 11.5 Å². The molecule has 0 aliphatic carbocycles. The lowest BCUT2D eigenvalue weighted by molar-refractivity contribution is -0.140. The third kappa shape index (κ3) is 5.62. The predicted molar refractivity (Wildman–Crippen MR) is 114 cm³/mol. The highest BCUT2D eigenvalue weighted by molar-refractivity contribution is 5.96. The van der Waals surface area contributed by atoms with E-state index >= 15 is 0 Å². The summed E-state index contributed by atoms with van der Waals surface area (Å²) in [6, 6.07) is 5.35. The summed E-state index contributed by atoms with van der Waals surface area (Å²) in [5.74, 6) is -2.84. The van der Waals surface area contributed by atoms with Crippen LogP contribution in [-0.2, 0) is 22.4 Å². The summed E-state index contributed by atoms with van der Waals surface area (Å²) in [5.41, 5.74) is 13.9. The van der Waals surface area contributed by atoms with Crippen molar-refractivity contribution < 1.29 is 24.6 Å². The Labute approximate surface area is 181 Å². The Balaban J connectivity index is 1.62. The molecule has 0 spiro atoms. The Bertz CT molecular complexity index is 1170. The van der Waals surface area contributed by atoms with E-state index in [9.17, 15) is 14.4 Å². The van der Waals surface area contributed by atoms with E-state index in [0.717, 1.165) is 5.56 Å². The molecule has 3 aromatic rings. The number of fused-ring (bicyclic) bond motifs is 1. The van der Waals surface area contributed by atoms with Gasteiger partial charge in [0.2, 0.25) is 5.95 Å². The van der Waals surface area contributed by atoms with Gasteiger partial charge in [-0.1, -0.05) is 12.1 Å². The number of carboxylic acids is 2. The number of anilines is 2. The second-order valence-electron chi connectivity index (χ2n) is 6.99. The molecule has 0 bridgehead atoms. The van der Waals surface area contributed by atoms with Crippen LogP contribution in [0.4, 0.5) is 11.8 Å². The molecular weight excluding hydrogens is 418 g/mol. The van der Waals surface area contributed by atoms with Gasteiger partial charge in [-0.2, -0.15) is 9.97 Å². The van der Waals surface area contributed by atoms with Gasteiger partial charge in [0.1, 0.15) is 11.6 Å². The maximum absolute atomic E-state index is 12.3. The van der Waals surface area contributed by atoms with Gasteiger partial charge in [-0.15, -0.1) is 0 Å². The first-order valence-corrected chi connectivity index (χ1v) is 9.62. The number of aryl methyl sites for hydroxylation is 2. The fourth-order valence-electron chi connectivity index (χ4n) is 2.97. The quantitative estimate of drug-likeness (QED) is 0.308. The van der Waals surface area contributed by atoms with Crippen molar-refractivity contribution in [3.8, 4) is 0 Å². The highest BCUT2D eigenvalue weighted by Crippen LogP contribution is 2.15. The van der Waals surface area contributed by atoms with Crippen molar-refractivity contribution in [2.24, 2.45) is 0 Å². The first-order valence-electron chi connectivity index (χ1n) is 9.62. The molecule has 0 unspecified atom stereocenters. The summed E-state index contributed by atoms with van der Waals surface area (Å²) in [6.07, 6.45) is 2.18. The molecule has 2 heterocycles. The normalized spacial score (nSPS) is 11.8. The first-order chi connectivity index (χ1) is 15.2. The SMILES string of the molecule is Nc1nc(N)c2ncc(CCc3ccc(C(=O)N[C@@H](CCC(=O)O)C(=O)O)cc3)nc2n1. The van der Waals surface area contributed by atoms with Crippen LogP contribution in [-0.4, -0.2) is 54.0 Å². The molecule has 0 radical (unpaired) electrons. The number of aliphatic carboxylic acids is 2. The van der Waals surface area contributed by atoms with Crippen LogP contribution < -0.4 is 16.8 Å². The number of aromatic nitrogens is 4. The minimum absolute atomic E-state index is 0.0170. The first kappa shape index (κ1) is 22.3. The maximum atomic E-state index is 12.3. The minimum atomic E-state index is -1.29. The summed E-state index contributed by atoms with van der Waals surface area (Å²) in [7, 11) is 0. The summed E-state index contributed by atoms with van der Waals surface area (Å²) in [6.45, 7) is 0. The zero-order valence-electron chi connectivity index (χ0n) is 16.9. The van der Waals surface area contributed by atoms with Crippen molar-refractivity contribution >= 4 is 40.8 Å². The second kappa shape index (κ2) is 9.64. The van der Waals surface area contributed by atoms with Gasteiger partial charge in [-0.05, 0) is 37.0 Å². The number of hydrogen-bond acceptors (Lipinski definition) is 9. The third-order valence-corrected chi connectivity index (χ3v) is 4.64. The van der Waals surface area contributed by atoms with Gasteiger partial charge in [0.05, 0.1) is 5.69 Å². The number of nitrogens with two attached hydrogens (primary N) is 2. The Hall–Kier alpha value is -4.35. The van der Waals surface area contributed by atoms with Crippen molar-refractivity contribution in [2.45, 2.75) is 31.7 Å². The van der Waals surface area contributed by atoms with Gasteiger partial charge < -0.3 is 27.0 Å². The molecule has 2 aromatic heterocycles. The molecular formula is C20H21N7O5. The van der Waals surface area contributed by atoms with E-state index < -0.39 is 23.9 Å². The van der Waals surface area contributed by atoms with Crippen molar-refractivity contribution in [1.29, 1.82) is 0 Å². The van der Waals surface area contributed by atoms with Crippen LogP contribution in [0.15, 0.2) is 30.5 Å². The van der Waals surface area contributed by atoms with Crippen molar-refractivity contribution in [3.05, 3.63) is 47.3 Å². The lowest BCUT2D eigenvalue weighted by Gasteiger charge is -2.13. The van der Waals surface area contributed by atoms with Crippen molar-refractivity contribution in [1.82, 2.24) is 25.3 Å². The number of rotatable bonds is 9. The number of carboxylic acid groups (broad SMARTS) is 2. The molecule has 7 N–H and O–H groups in total. The highest BCUT2D eigenvalue weighted by atomic mass is 16.4. The molecule has 0 aliphatic heterocycles. The molecule has 166 valence electrons. The molecule has 0 aliphatic rings. The van der Waals surface area contributed by atoms with E-state index in [4.69, 9.17) is 21.7 Å². The van der Waals surface area contributed by atoms with E-state index in [0.29, 0.717) is 29.7 Å². The van der Waals surface area contributed by atoms with E-state index in [1.807, 2.05) is 0 Å². The minimum Gasteiger partial charge on any atom is -0.481 e. The van der Waals surface area contributed by atoms with E-state index in [-0.39, 0.29) is 30.2 Å². The lowest BCUT2D eigenvalue weighted by atomic mass is 10.1. The summed E-state index contributed by atoms with van der Waals surface area (Å²) < 4.78 is 0. The molecule has 3 rings (SSSR count). The van der Waals surface area contributed by atoms with Gasteiger partial charge in [0.15, 0.2) is 11.5 Å². The number of amides is 1. The van der Waals surface area contributed by atoms with Crippen LogP contribution in [0.5, 0.6) is 0 Å². The van der Waals surface area contributed by atoms with Gasteiger partial charge in [-0.3, -0.25) is 9.59 Å². The molecule has 32 heavy (non-hydrogen) atoms.